The van der Waals surface area contributed by atoms with Gasteiger partial charge >= 0.3 is 0 Å². The van der Waals surface area contributed by atoms with E-state index < -0.39 is 6.04 Å². The van der Waals surface area contributed by atoms with E-state index >= 15 is 0 Å². The molecule has 6 nitrogen and oxygen atoms in total. The normalized spacial score (nSPS) is 12.0. The number of phenolic OH excluding ortho intramolecular Hbond substituents is 1. The summed E-state index contributed by atoms with van der Waals surface area (Å²) >= 11 is 1.41. The van der Waals surface area contributed by atoms with Gasteiger partial charge in [-0.25, -0.2) is 4.98 Å². The number of carbonyl (C=O) groups excluding carboxylic acids is 1. The summed E-state index contributed by atoms with van der Waals surface area (Å²) in [7, 11) is 0. The molecular formula is C21H17N3O3S. The fraction of sp³-hybridized carbons (Fsp3) is 0.0952. The monoisotopic (exact) mass is 391 g/mol. The van der Waals surface area contributed by atoms with Gasteiger partial charge in [-0.3, -0.25) is 14.2 Å². The summed E-state index contributed by atoms with van der Waals surface area (Å²) in [6, 6.07) is 15.1. The Labute approximate surface area is 164 Å². The molecule has 0 radical (unpaired) electrons. The molecule has 0 fully saturated rings. The summed E-state index contributed by atoms with van der Waals surface area (Å²) in [6.07, 6.45) is 1.41. The smallest absolute Gasteiger partial charge is 0.263 e. The number of aromatic hydroxyl groups is 1. The predicted octanol–water partition coefficient (Wildman–Crippen LogP) is 4.03. The van der Waals surface area contributed by atoms with Gasteiger partial charge in [0, 0.05) is 16.6 Å². The van der Waals surface area contributed by atoms with Crippen molar-refractivity contribution in [1.82, 2.24) is 9.55 Å². The molecule has 2 N–H and O–H groups in total. The number of thiophene rings is 1. The third-order valence-electron chi connectivity index (χ3n) is 4.54. The van der Waals surface area contributed by atoms with Crippen molar-refractivity contribution in [1.29, 1.82) is 0 Å². The van der Waals surface area contributed by atoms with Crippen molar-refractivity contribution in [3.8, 4) is 16.9 Å². The van der Waals surface area contributed by atoms with E-state index in [0.29, 0.717) is 15.9 Å². The predicted molar refractivity (Wildman–Crippen MR) is 111 cm³/mol. The molecule has 4 aromatic rings. The van der Waals surface area contributed by atoms with Crippen molar-refractivity contribution >= 4 is 33.1 Å². The van der Waals surface area contributed by atoms with Crippen LogP contribution in [0.15, 0.2) is 71.1 Å². The van der Waals surface area contributed by atoms with Gasteiger partial charge in [0.1, 0.15) is 16.6 Å². The van der Waals surface area contributed by atoms with Crippen molar-refractivity contribution in [3.63, 3.8) is 0 Å². The molecule has 0 aliphatic carbocycles. The summed E-state index contributed by atoms with van der Waals surface area (Å²) < 4.78 is 1.34. The van der Waals surface area contributed by atoms with Crippen molar-refractivity contribution in [3.05, 3.63) is 76.7 Å². The Kier molecular flexibility index (Phi) is 4.67. The number of benzene rings is 2. The van der Waals surface area contributed by atoms with E-state index in [1.807, 2.05) is 35.7 Å². The van der Waals surface area contributed by atoms with Crippen LogP contribution >= 0.6 is 11.3 Å². The lowest BCUT2D eigenvalue weighted by molar-refractivity contribution is -0.118. The van der Waals surface area contributed by atoms with Crippen LogP contribution in [0.3, 0.4) is 0 Å². The highest BCUT2D eigenvalue weighted by Crippen LogP contribution is 2.30. The summed E-state index contributed by atoms with van der Waals surface area (Å²) in [5.41, 5.74) is 2.04. The second kappa shape index (κ2) is 7.28. The molecule has 0 spiro atoms. The van der Waals surface area contributed by atoms with Crippen LogP contribution in [-0.2, 0) is 4.79 Å². The Hall–Kier alpha value is -3.45. The number of fused-ring (bicyclic) bond motifs is 1. The van der Waals surface area contributed by atoms with Crippen molar-refractivity contribution < 1.29 is 9.90 Å². The third-order valence-corrected chi connectivity index (χ3v) is 5.42. The number of carbonyl (C=O) groups is 1. The number of amides is 1. The second-order valence-corrected chi connectivity index (χ2v) is 7.22. The Bertz CT molecular complexity index is 1200. The Balaban J connectivity index is 1.70. The molecule has 2 aromatic carbocycles. The summed E-state index contributed by atoms with van der Waals surface area (Å²) in [4.78, 5) is 30.8. The Morgan fingerprint density at radius 2 is 1.86 bits per heavy atom. The van der Waals surface area contributed by atoms with Crippen molar-refractivity contribution in [2.45, 2.75) is 13.0 Å². The van der Waals surface area contributed by atoms with Crippen LogP contribution in [0.1, 0.15) is 13.0 Å². The maximum absolute atomic E-state index is 13.1. The molecule has 1 atom stereocenters. The zero-order chi connectivity index (χ0) is 19.7. The molecule has 0 aliphatic rings. The van der Waals surface area contributed by atoms with Crippen LogP contribution in [0.4, 0.5) is 5.69 Å². The van der Waals surface area contributed by atoms with E-state index in [0.717, 1.165) is 11.1 Å². The fourth-order valence-electron chi connectivity index (χ4n) is 2.97. The SMILES string of the molecule is CC(C(=O)Nc1ccc(O)cc1)n1cnc2scc(-c3ccccc3)c2c1=O. The number of hydrogen-bond acceptors (Lipinski definition) is 5. The molecule has 0 aliphatic heterocycles. The second-order valence-electron chi connectivity index (χ2n) is 6.36. The molecule has 0 bridgehead atoms. The number of hydrogen-bond donors (Lipinski definition) is 2. The van der Waals surface area contributed by atoms with Crippen LogP contribution in [0.25, 0.3) is 21.3 Å². The first-order chi connectivity index (χ1) is 13.5. The molecule has 4 rings (SSSR count). The maximum atomic E-state index is 13.1. The first-order valence-electron chi connectivity index (χ1n) is 8.68. The molecule has 1 unspecified atom stereocenters. The van der Waals surface area contributed by atoms with Crippen molar-refractivity contribution in [2.24, 2.45) is 0 Å². The zero-order valence-corrected chi connectivity index (χ0v) is 15.8. The number of phenols is 1. The maximum Gasteiger partial charge on any atom is 0.263 e. The number of nitrogens with zero attached hydrogens (tertiary/aromatic N) is 2. The molecule has 0 saturated heterocycles. The lowest BCUT2D eigenvalue weighted by Gasteiger charge is -2.15. The molecular weight excluding hydrogens is 374 g/mol. The highest BCUT2D eigenvalue weighted by atomic mass is 32.1. The summed E-state index contributed by atoms with van der Waals surface area (Å²) in [6.45, 7) is 1.65. The standard InChI is InChI=1S/C21H17N3O3S/c1-13(19(26)23-15-7-9-16(25)10-8-15)24-12-22-20-18(21(24)27)17(11-28-20)14-5-3-2-4-6-14/h2-13,25H,1H3,(H,23,26). The molecule has 7 heteroatoms. The first-order valence-corrected chi connectivity index (χ1v) is 9.56. The highest BCUT2D eigenvalue weighted by molar-refractivity contribution is 7.17. The molecule has 28 heavy (non-hydrogen) atoms. The minimum atomic E-state index is -0.748. The topological polar surface area (TPSA) is 84.2 Å². The van der Waals surface area contributed by atoms with Gasteiger partial charge in [-0.2, -0.15) is 0 Å². The van der Waals surface area contributed by atoms with Crippen molar-refractivity contribution in [2.75, 3.05) is 5.32 Å². The number of aromatic nitrogens is 2. The Morgan fingerprint density at radius 3 is 2.57 bits per heavy atom. The van der Waals surface area contributed by atoms with E-state index in [9.17, 15) is 14.7 Å². The van der Waals surface area contributed by atoms with Gasteiger partial charge < -0.3 is 10.4 Å². The van der Waals surface area contributed by atoms with Gasteiger partial charge in [0.25, 0.3) is 5.56 Å². The summed E-state index contributed by atoms with van der Waals surface area (Å²) in [5.74, 6) is -0.228. The first kappa shape index (κ1) is 17.9. The minimum absolute atomic E-state index is 0.114. The molecule has 140 valence electrons. The van der Waals surface area contributed by atoms with Gasteiger partial charge in [-0.15, -0.1) is 11.3 Å². The van der Waals surface area contributed by atoms with E-state index in [1.54, 1.807) is 19.1 Å². The van der Waals surface area contributed by atoms with E-state index in [4.69, 9.17) is 0 Å². The lowest BCUT2D eigenvalue weighted by atomic mass is 10.1. The number of rotatable bonds is 4. The van der Waals surface area contributed by atoms with Crippen LogP contribution in [0.2, 0.25) is 0 Å². The van der Waals surface area contributed by atoms with E-state index in [2.05, 4.69) is 10.3 Å². The average Bonchev–Trinajstić information content (AvgIpc) is 3.15. The number of nitrogens with one attached hydrogen (secondary N) is 1. The molecule has 2 heterocycles. The largest absolute Gasteiger partial charge is 0.508 e. The van der Waals surface area contributed by atoms with Gasteiger partial charge in [0.05, 0.1) is 11.7 Å². The van der Waals surface area contributed by atoms with Crippen LogP contribution in [0.5, 0.6) is 5.75 Å². The average molecular weight is 391 g/mol. The van der Waals surface area contributed by atoms with Crippen LogP contribution < -0.4 is 10.9 Å². The molecule has 2 aromatic heterocycles. The third kappa shape index (κ3) is 3.27. The lowest BCUT2D eigenvalue weighted by Crippen LogP contribution is -2.31. The molecule has 1 amide bonds. The van der Waals surface area contributed by atoms with Crippen LogP contribution in [-0.4, -0.2) is 20.6 Å². The number of anilines is 1. The van der Waals surface area contributed by atoms with Gasteiger partial charge in [0.15, 0.2) is 0 Å². The fourth-order valence-corrected chi connectivity index (χ4v) is 3.88. The van der Waals surface area contributed by atoms with Gasteiger partial charge in [-0.05, 0) is 36.8 Å². The quantitative estimate of drug-likeness (QED) is 0.515. The highest BCUT2D eigenvalue weighted by Gasteiger charge is 2.20. The summed E-state index contributed by atoms with van der Waals surface area (Å²) in [5, 5.41) is 14.5. The van der Waals surface area contributed by atoms with Crippen LogP contribution in [0, 0.1) is 0 Å². The zero-order valence-electron chi connectivity index (χ0n) is 15.0. The van der Waals surface area contributed by atoms with E-state index in [1.165, 1.54) is 34.4 Å². The Morgan fingerprint density at radius 1 is 1.14 bits per heavy atom. The van der Waals surface area contributed by atoms with Gasteiger partial charge in [0.2, 0.25) is 5.91 Å². The van der Waals surface area contributed by atoms with Gasteiger partial charge in [-0.1, -0.05) is 30.3 Å². The minimum Gasteiger partial charge on any atom is -0.508 e. The molecule has 0 saturated carbocycles. The van der Waals surface area contributed by atoms with E-state index in [-0.39, 0.29) is 17.2 Å².